The summed E-state index contributed by atoms with van der Waals surface area (Å²) in [4.78, 5) is 28.9. The first kappa shape index (κ1) is 32.2. The predicted octanol–water partition coefficient (Wildman–Crippen LogP) is 5.92. The molecule has 0 heterocycles. The van der Waals surface area contributed by atoms with Gasteiger partial charge in [-0.1, -0.05) is 67.4 Å². The average Bonchev–Trinajstić information content (AvgIpc) is 2.97. The summed E-state index contributed by atoms with van der Waals surface area (Å²) in [5.41, 5.74) is 0.884. The Morgan fingerprint density at radius 3 is 2.24 bits per heavy atom. The minimum atomic E-state index is -4.21. The number of methoxy groups -OCH3 is 1. The molecule has 0 aliphatic heterocycles. The molecule has 220 valence electrons. The third-order valence-corrected chi connectivity index (χ3v) is 9.20. The number of hydrogen-bond acceptors (Lipinski definition) is 5. The Morgan fingerprint density at radius 1 is 0.927 bits per heavy atom. The zero-order valence-corrected chi connectivity index (χ0v) is 25.8. The van der Waals surface area contributed by atoms with Gasteiger partial charge in [-0.15, -0.1) is 0 Å². The Kier molecular flexibility index (Phi) is 11.5. The molecule has 2 amide bonds. The van der Waals surface area contributed by atoms with Crippen LogP contribution in [0.25, 0.3) is 0 Å². The van der Waals surface area contributed by atoms with E-state index in [9.17, 15) is 18.0 Å². The average molecular weight is 621 g/mol. The molecule has 0 unspecified atom stereocenters. The van der Waals surface area contributed by atoms with Crippen LogP contribution < -0.4 is 14.4 Å². The fourth-order valence-electron chi connectivity index (χ4n) is 4.22. The van der Waals surface area contributed by atoms with Gasteiger partial charge in [0.2, 0.25) is 11.8 Å². The maximum absolute atomic E-state index is 14.1. The minimum absolute atomic E-state index is 0.000210. The molecule has 0 saturated carbocycles. The second-order valence-electron chi connectivity index (χ2n) is 9.54. The van der Waals surface area contributed by atoms with E-state index in [4.69, 9.17) is 27.9 Å². The van der Waals surface area contributed by atoms with E-state index in [2.05, 4.69) is 5.32 Å². The molecule has 41 heavy (non-hydrogen) atoms. The van der Waals surface area contributed by atoms with Crippen LogP contribution in [0.1, 0.15) is 39.2 Å². The van der Waals surface area contributed by atoms with Crippen molar-refractivity contribution in [2.45, 2.75) is 57.1 Å². The van der Waals surface area contributed by atoms with Crippen LogP contribution in [-0.4, -0.2) is 50.9 Å². The maximum atomic E-state index is 14.1. The largest absolute Gasteiger partial charge is 0.497 e. The third-order valence-electron chi connectivity index (χ3n) is 6.68. The highest BCUT2D eigenvalue weighted by molar-refractivity contribution is 7.92. The van der Waals surface area contributed by atoms with Crippen LogP contribution in [0.4, 0.5) is 5.69 Å². The van der Waals surface area contributed by atoms with Gasteiger partial charge in [0.25, 0.3) is 10.0 Å². The van der Waals surface area contributed by atoms with Crippen molar-refractivity contribution in [1.29, 1.82) is 0 Å². The van der Waals surface area contributed by atoms with E-state index in [-0.39, 0.29) is 39.1 Å². The maximum Gasteiger partial charge on any atom is 0.264 e. The number of amides is 2. The van der Waals surface area contributed by atoms with Crippen molar-refractivity contribution in [2.75, 3.05) is 18.0 Å². The lowest BCUT2D eigenvalue weighted by Crippen LogP contribution is -2.53. The van der Waals surface area contributed by atoms with Crippen LogP contribution in [-0.2, 0) is 26.2 Å². The van der Waals surface area contributed by atoms with Crippen LogP contribution >= 0.6 is 23.2 Å². The van der Waals surface area contributed by atoms with Gasteiger partial charge in [0.05, 0.1) is 27.7 Å². The Morgan fingerprint density at radius 2 is 1.63 bits per heavy atom. The first-order valence-corrected chi connectivity index (χ1v) is 15.5. The molecule has 0 saturated heterocycles. The Labute approximate surface area is 252 Å². The summed E-state index contributed by atoms with van der Waals surface area (Å²) in [6, 6.07) is 18.4. The van der Waals surface area contributed by atoms with Crippen LogP contribution in [0.15, 0.2) is 77.7 Å². The summed E-state index contributed by atoms with van der Waals surface area (Å²) < 4.78 is 34.1. The molecular formula is C30H35Cl2N3O5S. The zero-order chi connectivity index (χ0) is 30.2. The Bertz CT molecular complexity index is 1450. The second-order valence-corrected chi connectivity index (χ2v) is 12.2. The Balaban J connectivity index is 2.08. The summed E-state index contributed by atoms with van der Waals surface area (Å²) in [5, 5.41) is 3.34. The van der Waals surface area contributed by atoms with Crippen LogP contribution in [0.2, 0.25) is 10.0 Å². The lowest BCUT2D eigenvalue weighted by Gasteiger charge is -2.33. The van der Waals surface area contributed by atoms with E-state index >= 15 is 0 Å². The zero-order valence-electron chi connectivity index (χ0n) is 23.5. The number of nitrogens with one attached hydrogen (secondary N) is 1. The van der Waals surface area contributed by atoms with Gasteiger partial charge in [-0.3, -0.25) is 13.9 Å². The molecule has 3 aromatic carbocycles. The van der Waals surface area contributed by atoms with E-state index in [0.29, 0.717) is 18.6 Å². The molecule has 8 nitrogen and oxygen atoms in total. The number of carbonyl (C=O) groups is 2. The van der Waals surface area contributed by atoms with Gasteiger partial charge < -0.3 is 15.0 Å². The third kappa shape index (κ3) is 8.15. The molecule has 0 fully saturated rings. The number of hydrogen-bond donors (Lipinski definition) is 1. The quantitative estimate of drug-likeness (QED) is 0.256. The normalized spacial score (nSPS) is 12.7. The number of ether oxygens (including phenoxy) is 1. The number of rotatable bonds is 13. The van der Waals surface area contributed by atoms with Crippen molar-refractivity contribution in [2.24, 2.45) is 0 Å². The molecule has 2 atom stereocenters. The highest BCUT2D eigenvalue weighted by Crippen LogP contribution is 2.31. The van der Waals surface area contributed by atoms with Crippen molar-refractivity contribution in [3.8, 4) is 5.75 Å². The molecule has 3 aromatic rings. The highest BCUT2D eigenvalue weighted by atomic mass is 35.5. The molecule has 11 heteroatoms. The topological polar surface area (TPSA) is 96.0 Å². The van der Waals surface area contributed by atoms with E-state index in [0.717, 1.165) is 9.87 Å². The lowest BCUT2D eigenvalue weighted by molar-refractivity contribution is -0.140. The fraction of sp³-hybridized carbons (Fsp3) is 0.333. The number of sulfonamides is 1. The van der Waals surface area contributed by atoms with Crippen molar-refractivity contribution in [1.82, 2.24) is 10.2 Å². The molecule has 0 aliphatic rings. The summed E-state index contributed by atoms with van der Waals surface area (Å²) in [5.74, 6) is -0.286. The van der Waals surface area contributed by atoms with Gasteiger partial charge in [-0.2, -0.15) is 0 Å². The Hall–Kier alpha value is -3.27. The monoisotopic (exact) mass is 619 g/mol. The van der Waals surface area contributed by atoms with E-state index in [1.807, 2.05) is 26.8 Å². The standard InChI is InChI=1S/C30H35Cl2N3O5S/c1-5-21(3)33-30(37)28(6-2)34(19-22-11-10-12-24(17-22)40-4)29(36)20-35(23-15-16-26(31)27(32)18-23)41(38,39)25-13-8-7-9-14-25/h7-18,21,28H,5-6,19-20H2,1-4H3,(H,33,37)/t21-,28+/m0/s1. The van der Waals surface area contributed by atoms with Crippen LogP contribution in [0.3, 0.4) is 0 Å². The van der Waals surface area contributed by atoms with Crippen LogP contribution in [0.5, 0.6) is 5.75 Å². The highest BCUT2D eigenvalue weighted by Gasteiger charge is 2.34. The van der Waals surface area contributed by atoms with Gasteiger partial charge >= 0.3 is 0 Å². The van der Waals surface area contributed by atoms with E-state index < -0.39 is 28.5 Å². The van der Waals surface area contributed by atoms with Gasteiger partial charge in [0.15, 0.2) is 0 Å². The molecule has 0 aromatic heterocycles. The molecule has 1 N–H and O–H groups in total. The summed E-state index contributed by atoms with van der Waals surface area (Å²) in [6.45, 7) is 5.13. The molecular weight excluding hydrogens is 585 g/mol. The van der Waals surface area contributed by atoms with Crippen molar-refractivity contribution in [3.05, 3.63) is 88.4 Å². The van der Waals surface area contributed by atoms with Crippen molar-refractivity contribution < 1.29 is 22.7 Å². The van der Waals surface area contributed by atoms with E-state index in [1.54, 1.807) is 43.5 Å². The predicted molar refractivity (Wildman–Crippen MR) is 163 cm³/mol. The molecule has 0 spiro atoms. The van der Waals surface area contributed by atoms with Gasteiger partial charge in [-0.25, -0.2) is 8.42 Å². The minimum Gasteiger partial charge on any atom is -0.497 e. The number of carbonyl (C=O) groups excluding carboxylic acids is 2. The van der Waals surface area contributed by atoms with Gasteiger partial charge in [0.1, 0.15) is 18.3 Å². The number of halogens is 2. The number of anilines is 1. The number of nitrogens with zero attached hydrogens (tertiary/aromatic N) is 2. The van der Waals surface area contributed by atoms with Crippen molar-refractivity contribution in [3.63, 3.8) is 0 Å². The molecule has 0 aliphatic carbocycles. The molecule has 0 bridgehead atoms. The van der Waals surface area contributed by atoms with Gasteiger partial charge in [0, 0.05) is 12.6 Å². The fourth-order valence-corrected chi connectivity index (χ4v) is 5.94. The number of benzene rings is 3. The lowest BCUT2D eigenvalue weighted by atomic mass is 10.1. The first-order valence-electron chi connectivity index (χ1n) is 13.3. The SMILES string of the molecule is CC[C@H](C(=O)N[C@@H](C)CC)N(Cc1cccc(OC)c1)C(=O)CN(c1ccc(Cl)c(Cl)c1)S(=O)(=O)c1ccccc1. The smallest absolute Gasteiger partial charge is 0.264 e. The van der Waals surface area contributed by atoms with E-state index in [1.165, 1.54) is 35.2 Å². The summed E-state index contributed by atoms with van der Waals surface area (Å²) in [6.07, 6.45) is 1.03. The molecule has 3 rings (SSSR count). The van der Waals surface area contributed by atoms with Crippen molar-refractivity contribution >= 4 is 50.7 Å². The molecule has 0 radical (unpaired) electrons. The second kappa shape index (κ2) is 14.6. The first-order chi connectivity index (χ1) is 19.5. The summed E-state index contributed by atoms with van der Waals surface area (Å²) >= 11 is 12.4. The van der Waals surface area contributed by atoms with Crippen LogP contribution in [0, 0.1) is 0 Å². The summed E-state index contributed by atoms with van der Waals surface area (Å²) in [7, 11) is -2.67. The van der Waals surface area contributed by atoms with Gasteiger partial charge in [-0.05, 0) is 67.8 Å².